The van der Waals surface area contributed by atoms with Crippen LogP contribution in [0.25, 0.3) is 0 Å². The van der Waals surface area contributed by atoms with E-state index in [-0.39, 0.29) is 5.91 Å². The summed E-state index contributed by atoms with van der Waals surface area (Å²) < 4.78 is 0. The van der Waals surface area contributed by atoms with Crippen LogP contribution in [0.2, 0.25) is 0 Å². The molecular weight excluding hydrogens is 270 g/mol. The lowest BCUT2D eigenvalue weighted by atomic mass is 10.1. The van der Waals surface area contributed by atoms with Gasteiger partial charge < -0.3 is 5.32 Å². The fourth-order valence-corrected chi connectivity index (χ4v) is 2.70. The summed E-state index contributed by atoms with van der Waals surface area (Å²) in [7, 11) is 0. The van der Waals surface area contributed by atoms with E-state index in [1.165, 1.54) is 57.8 Å². The van der Waals surface area contributed by atoms with Gasteiger partial charge in [0.25, 0.3) is 5.91 Å². The zero-order valence-corrected chi connectivity index (χ0v) is 14.5. The van der Waals surface area contributed by atoms with E-state index in [4.69, 9.17) is 0 Å². The van der Waals surface area contributed by atoms with Gasteiger partial charge in [-0.2, -0.15) is 0 Å². The molecule has 1 amide bonds. The van der Waals surface area contributed by atoms with E-state index >= 15 is 0 Å². The predicted molar refractivity (Wildman–Crippen MR) is 95.4 cm³/mol. The number of carbonyl (C=O) groups excluding carboxylic acids is 1. The van der Waals surface area contributed by atoms with Crippen LogP contribution >= 0.6 is 0 Å². The molecule has 0 aliphatic carbocycles. The number of rotatable bonds is 12. The van der Waals surface area contributed by atoms with E-state index in [2.05, 4.69) is 12.2 Å². The summed E-state index contributed by atoms with van der Waals surface area (Å²) >= 11 is 0. The molecule has 0 saturated heterocycles. The Morgan fingerprint density at radius 2 is 1.50 bits per heavy atom. The van der Waals surface area contributed by atoms with E-state index in [1.54, 1.807) is 0 Å². The van der Waals surface area contributed by atoms with Crippen molar-refractivity contribution in [1.29, 1.82) is 0 Å². The topological polar surface area (TPSA) is 29.1 Å². The molecule has 0 saturated carbocycles. The van der Waals surface area contributed by atoms with Crippen LogP contribution in [0.15, 0.2) is 24.3 Å². The molecule has 0 spiro atoms. The minimum absolute atomic E-state index is 0.0552. The number of amides is 1. The van der Waals surface area contributed by atoms with E-state index in [0.717, 1.165) is 24.1 Å². The summed E-state index contributed by atoms with van der Waals surface area (Å²) in [5.74, 6) is 0.0552. The molecule has 22 heavy (non-hydrogen) atoms. The van der Waals surface area contributed by atoms with E-state index < -0.39 is 0 Å². The summed E-state index contributed by atoms with van der Waals surface area (Å²) in [6, 6.07) is 7.76. The second-order valence-corrected chi connectivity index (χ2v) is 6.31. The Hall–Kier alpha value is -1.31. The van der Waals surface area contributed by atoms with Gasteiger partial charge in [0.2, 0.25) is 0 Å². The molecule has 0 atom stereocenters. The highest BCUT2D eigenvalue weighted by Crippen LogP contribution is 2.10. The van der Waals surface area contributed by atoms with Crippen LogP contribution in [0.5, 0.6) is 0 Å². The van der Waals surface area contributed by atoms with E-state index in [0.29, 0.717) is 0 Å². The second-order valence-electron chi connectivity index (χ2n) is 6.31. The van der Waals surface area contributed by atoms with Gasteiger partial charge in [0.05, 0.1) is 0 Å². The van der Waals surface area contributed by atoms with Crippen LogP contribution in [0, 0.1) is 6.92 Å². The number of benzene rings is 1. The minimum atomic E-state index is 0.0552. The van der Waals surface area contributed by atoms with Crippen LogP contribution < -0.4 is 5.32 Å². The molecule has 1 N–H and O–H groups in total. The molecule has 0 bridgehead atoms. The molecule has 2 heteroatoms. The number of aryl methyl sites for hydroxylation is 1. The van der Waals surface area contributed by atoms with Crippen LogP contribution in [0.3, 0.4) is 0 Å². The molecule has 124 valence electrons. The van der Waals surface area contributed by atoms with E-state index in [9.17, 15) is 4.79 Å². The van der Waals surface area contributed by atoms with Crippen molar-refractivity contribution in [3.05, 3.63) is 35.4 Å². The number of carbonyl (C=O) groups is 1. The molecule has 0 unspecified atom stereocenters. The zero-order valence-electron chi connectivity index (χ0n) is 14.5. The number of unbranched alkanes of at least 4 members (excludes halogenated alkanes) is 9. The van der Waals surface area contributed by atoms with Crippen molar-refractivity contribution < 1.29 is 4.79 Å². The van der Waals surface area contributed by atoms with Gasteiger partial charge in [0.15, 0.2) is 0 Å². The maximum atomic E-state index is 11.9. The first-order valence-electron chi connectivity index (χ1n) is 9.09. The summed E-state index contributed by atoms with van der Waals surface area (Å²) in [4.78, 5) is 11.9. The van der Waals surface area contributed by atoms with Crippen LogP contribution in [-0.2, 0) is 0 Å². The Kier molecular flexibility index (Phi) is 10.4. The zero-order chi connectivity index (χ0) is 16.0. The second kappa shape index (κ2) is 12.3. The Labute approximate surface area is 136 Å². The summed E-state index contributed by atoms with van der Waals surface area (Å²) in [5, 5.41) is 3.01. The van der Waals surface area contributed by atoms with Crippen molar-refractivity contribution in [2.45, 2.75) is 78.1 Å². The van der Waals surface area contributed by atoms with Gasteiger partial charge in [-0.1, -0.05) is 82.4 Å². The first kappa shape index (κ1) is 18.7. The van der Waals surface area contributed by atoms with Gasteiger partial charge >= 0.3 is 0 Å². The highest BCUT2D eigenvalue weighted by molar-refractivity contribution is 5.94. The SMILES string of the molecule is CCCCCCCCCCCCNC(=O)c1cccc(C)c1. The van der Waals surface area contributed by atoms with Gasteiger partial charge in [-0.25, -0.2) is 0 Å². The highest BCUT2D eigenvalue weighted by atomic mass is 16.1. The monoisotopic (exact) mass is 303 g/mol. The molecule has 1 rings (SSSR count). The lowest BCUT2D eigenvalue weighted by Gasteiger charge is -2.06. The predicted octanol–water partition coefficient (Wildman–Crippen LogP) is 5.65. The van der Waals surface area contributed by atoms with Gasteiger partial charge in [-0.05, 0) is 25.5 Å². The van der Waals surface area contributed by atoms with Gasteiger partial charge in [-0.15, -0.1) is 0 Å². The molecule has 0 aliphatic heterocycles. The molecule has 0 fully saturated rings. The smallest absolute Gasteiger partial charge is 0.251 e. The van der Waals surface area contributed by atoms with Crippen LogP contribution in [-0.4, -0.2) is 12.5 Å². The Bertz CT molecular complexity index is 414. The average molecular weight is 303 g/mol. The fourth-order valence-electron chi connectivity index (χ4n) is 2.70. The van der Waals surface area contributed by atoms with Crippen molar-refractivity contribution in [2.75, 3.05) is 6.54 Å². The Morgan fingerprint density at radius 1 is 0.909 bits per heavy atom. The van der Waals surface area contributed by atoms with Crippen LogP contribution in [0.4, 0.5) is 0 Å². The van der Waals surface area contributed by atoms with Gasteiger partial charge in [-0.3, -0.25) is 4.79 Å². The van der Waals surface area contributed by atoms with Crippen molar-refractivity contribution in [3.8, 4) is 0 Å². The van der Waals surface area contributed by atoms with Crippen molar-refractivity contribution in [1.82, 2.24) is 5.32 Å². The van der Waals surface area contributed by atoms with E-state index in [1.807, 2.05) is 31.2 Å². The van der Waals surface area contributed by atoms with Crippen molar-refractivity contribution >= 4 is 5.91 Å². The molecule has 0 aromatic heterocycles. The Balaban J connectivity index is 1.94. The molecule has 0 radical (unpaired) electrons. The molecule has 0 aliphatic rings. The highest BCUT2D eigenvalue weighted by Gasteiger charge is 2.03. The first-order chi connectivity index (χ1) is 10.7. The lowest BCUT2D eigenvalue weighted by Crippen LogP contribution is -2.24. The summed E-state index contributed by atoms with van der Waals surface area (Å²) in [5.41, 5.74) is 1.90. The lowest BCUT2D eigenvalue weighted by molar-refractivity contribution is 0.0953. The van der Waals surface area contributed by atoms with Gasteiger partial charge in [0.1, 0.15) is 0 Å². The Morgan fingerprint density at radius 3 is 2.09 bits per heavy atom. The maximum Gasteiger partial charge on any atom is 0.251 e. The summed E-state index contributed by atoms with van der Waals surface area (Å²) in [6.45, 7) is 5.07. The summed E-state index contributed by atoms with van der Waals surface area (Å²) in [6.07, 6.45) is 13.3. The largest absolute Gasteiger partial charge is 0.352 e. The molecule has 0 heterocycles. The molecule has 1 aromatic rings. The third-order valence-electron chi connectivity index (χ3n) is 4.10. The molecular formula is C20H33NO. The molecule has 1 aromatic carbocycles. The minimum Gasteiger partial charge on any atom is -0.352 e. The number of hydrogen-bond donors (Lipinski definition) is 1. The maximum absolute atomic E-state index is 11.9. The standard InChI is InChI=1S/C20H33NO/c1-3-4-5-6-7-8-9-10-11-12-16-21-20(22)19-15-13-14-18(2)17-19/h13-15,17H,3-12,16H2,1-2H3,(H,21,22). The first-order valence-corrected chi connectivity index (χ1v) is 9.09. The van der Waals surface area contributed by atoms with Crippen molar-refractivity contribution in [2.24, 2.45) is 0 Å². The third-order valence-corrected chi connectivity index (χ3v) is 4.10. The average Bonchev–Trinajstić information content (AvgIpc) is 2.52. The normalized spacial score (nSPS) is 10.6. The van der Waals surface area contributed by atoms with Gasteiger partial charge in [0, 0.05) is 12.1 Å². The number of hydrogen-bond acceptors (Lipinski definition) is 1. The third kappa shape index (κ3) is 8.86. The van der Waals surface area contributed by atoms with Crippen LogP contribution in [0.1, 0.15) is 87.1 Å². The quantitative estimate of drug-likeness (QED) is 0.497. The number of nitrogens with one attached hydrogen (secondary N) is 1. The van der Waals surface area contributed by atoms with Crippen molar-refractivity contribution in [3.63, 3.8) is 0 Å². The fraction of sp³-hybridized carbons (Fsp3) is 0.650. The molecule has 2 nitrogen and oxygen atoms in total.